The molecule has 1 aromatic rings. The van der Waals surface area contributed by atoms with Crippen molar-refractivity contribution in [2.24, 2.45) is 5.92 Å². The summed E-state index contributed by atoms with van der Waals surface area (Å²) in [5, 5.41) is 7.81. The molecule has 0 saturated carbocycles. The zero-order valence-corrected chi connectivity index (χ0v) is 10.1. The summed E-state index contributed by atoms with van der Waals surface area (Å²) in [6, 6.07) is 0. The molecule has 1 N–H and O–H groups in total. The maximum atomic E-state index is 12.2. The maximum absolute atomic E-state index is 12.2. The van der Waals surface area contributed by atoms with Gasteiger partial charge in [-0.2, -0.15) is 5.10 Å². The fourth-order valence-electron chi connectivity index (χ4n) is 2.06. The highest BCUT2D eigenvalue weighted by molar-refractivity contribution is 6.33. The number of hydrogen-bond acceptors (Lipinski definition) is 3. The van der Waals surface area contributed by atoms with Crippen molar-refractivity contribution >= 4 is 17.4 Å². The predicted octanol–water partition coefficient (Wildman–Crippen LogP) is 1.74. The first-order valence-corrected chi connectivity index (χ1v) is 6.08. The molecule has 1 unspecified atom stereocenters. The van der Waals surface area contributed by atoms with E-state index < -0.39 is 0 Å². The van der Waals surface area contributed by atoms with Crippen LogP contribution < -0.4 is 5.32 Å². The second kappa shape index (κ2) is 4.97. The van der Waals surface area contributed by atoms with Crippen molar-refractivity contribution in [2.45, 2.75) is 26.3 Å². The van der Waals surface area contributed by atoms with Gasteiger partial charge in [-0.05, 0) is 19.4 Å². The van der Waals surface area contributed by atoms with E-state index in [0.29, 0.717) is 10.7 Å². The Balaban J connectivity index is 2.23. The molecule has 16 heavy (non-hydrogen) atoms. The number of ketones is 1. The van der Waals surface area contributed by atoms with E-state index in [1.807, 2.05) is 0 Å². The number of rotatable bonds is 4. The van der Waals surface area contributed by atoms with Crippen LogP contribution in [0.15, 0.2) is 6.20 Å². The Morgan fingerprint density at radius 2 is 2.56 bits per heavy atom. The quantitative estimate of drug-likeness (QED) is 0.817. The summed E-state index contributed by atoms with van der Waals surface area (Å²) in [5.74, 6) is 0.186. The molecule has 2 heterocycles. The Morgan fingerprint density at radius 3 is 3.19 bits per heavy atom. The van der Waals surface area contributed by atoms with Gasteiger partial charge in [-0.15, -0.1) is 0 Å². The van der Waals surface area contributed by atoms with Gasteiger partial charge < -0.3 is 5.32 Å². The highest BCUT2D eigenvalue weighted by Gasteiger charge is 2.28. The van der Waals surface area contributed by atoms with E-state index in [2.05, 4.69) is 17.3 Å². The molecule has 0 amide bonds. The van der Waals surface area contributed by atoms with Crippen molar-refractivity contribution in [1.29, 1.82) is 0 Å². The van der Waals surface area contributed by atoms with E-state index >= 15 is 0 Å². The Hall–Kier alpha value is -0.870. The molecule has 1 aliphatic rings. The third-order valence-electron chi connectivity index (χ3n) is 2.89. The Labute approximate surface area is 100.0 Å². The molecule has 0 bridgehead atoms. The average Bonchev–Trinajstić information content (AvgIpc) is 2.88. The van der Waals surface area contributed by atoms with Crippen LogP contribution in [0.3, 0.4) is 0 Å². The van der Waals surface area contributed by atoms with Gasteiger partial charge in [0.1, 0.15) is 5.69 Å². The third kappa shape index (κ3) is 2.13. The van der Waals surface area contributed by atoms with Gasteiger partial charge in [0.25, 0.3) is 0 Å². The van der Waals surface area contributed by atoms with Gasteiger partial charge in [0.05, 0.1) is 11.2 Å². The van der Waals surface area contributed by atoms with Crippen LogP contribution in [-0.4, -0.2) is 28.7 Å². The van der Waals surface area contributed by atoms with Gasteiger partial charge in [-0.3, -0.25) is 9.48 Å². The van der Waals surface area contributed by atoms with Crippen molar-refractivity contribution in [3.05, 3.63) is 16.9 Å². The molecule has 0 aromatic carbocycles. The van der Waals surface area contributed by atoms with Crippen LogP contribution in [0.2, 0.25) is 5.02 Å². The molecule has 1 fully saturated rings. The summed E-state index contributed by atoms with van der Waals surface area (Å²) in [5.41, 5.74) is 0.581. The van der Waals surface area contributed by atoms with Gasteiger partial charge in [0, 0.05) is 19.0 Å². The van der Waals surface area contributed by atoms with Gasteiger partial charge in [-0.25, -0.2) is 0 Å². The molecule has 0 radical (unpaired) electrons. The van der Waals surface area contributed by atoms with Crippen molar-refractivity contribution in [3.8, 4) is 0 Å². The number of nitrogens with one attached hydrogen (secondary N) is 1. The standard InChI is InChI=1S/C11H16ClN3O/c1-2-5-15-10(9(12)7-14-15)11(16)8-3-4-13-6-8/h7-8,13H,2-6H2,1H3. The van der Waals surface area contributed by atoms with E-state index in [0.717, 1.165) is 32.5 Å². The minimum Gasteiger partial charge on any atom is -0.316 e. The molecule has 5 heteroatoms. The van der Waals surface area contributed by atoms with Crippen molar-refractivity contribution < 1.29 is 4.79 Å². The molecule has 1 aromatic heterocycles. The molecule has 1 aliphatic heterocycles. The Morgan fingerprint density at radius 1 is 1.75 bits per heavy atom. The SMILES string of the molecule is CCCn1ncc(Cl)c1C(=O)C1CCNC1. The third-order valence-corrected chi connectivity index (χ3v) is 3.17. The second-order valence-corrected chi connectivity index (χ2v) is 4.53. The normalized spacial score (nSPS) is 20.2. The summed E-state index contributed by atoms with van der Waals surface area (Å²) in [4.78, 5) is 12.2. The first-order valence-electron chi connectivity index (χ1n) is 5.70. The molecular weight excluding hydrogens is 226 g/mol. The number of aryl methyl sites for hydroxylation is 1. The minimum atomic E-state index is 0.0600. The first kappa shape index (κ1) is 11.6. The molecule has 1 atom stereocenters. The lowest BCUT2D eigenvalue weighted by Gasteiger charge is -2.09. The van der Waals surface area contributed by atoms with E-state index in [-0.39, 0.29) is 11.7 Å². The Kier molecular flexibility index (Phi) is 3.61. The molecule has 1 saturated heterocycles. The lowest BCUT2D eigenvalue weighted by atomic mass is 10.0. The smallest absolute Gasteiger partial charge is 0.186 e. The fraction of sp³-hybridized carbons (Fsp3) is 0.636. The predicted molar refractivity (Wildman–Crippen MR) is 62.8 cm³/mol. The number of carbonyl (C=O) groups is 1. The summed E-state index contributed by atoms with van der Waals surface area (Å²) in [6.45, 7) is 4.47. The van der Waals surface area contributed by atoms with Crippen LogP contribution in [0, 0.1) is 5.92 Å². The van der Waals surface area contributed by atoms with Crippen molar-refractivity contribution in [3.63, 3.8) is 0 Å². The minimum absolute atomic E-state index is 0.0600. The summed E-state index contributed by atoms with van der Waals surface area (Å²) < 4.78 is 1.73. The number of hydrogen-bond donors (Lipinski definition) is 1. The maximum Gasteiger partial charge on any atom is 0.186 e. The van der Waals surface area contributed by atoms with Crippen LogP contribution in [0.25, 0.3) is 0 Å². The number of nitrogens with zero attached hydrogens (tertiary/aromatic N) is 2. The number of aromatic nitrogens is 2. The lowest BCUT2D eigenvalue weighted by Crippen LogP contribution is -2.21. The summed E-state index contributed by atoms with van der Waals surface area (Å²) in [7, 11) is 0. The average molecular weight is 242 g/mol. The van der Waals surface area contributed by atoms with E-state index in [4.69, 9.17) is 11.6 Å². The zero-order valence-electron chi connectivity index (χ0n) is 9.37. The first-order chi connectivity index (χ1) is 7.74. The van der Waals surface area contributed by atoms with E-state index in [9.17, 15) is 4.79 Å². The second-order valence-electron chi connectivity index (χ2n) is 4.12. The van der Waals surface area contributed by atoms with Gasteiger partial charge in [0.2, 0.25) is 0 Å². The monoisotopic (exact) mass is 241 g/mol. The Bertz CT molecular complexity index is 383. The van der Waals surface area contributed by atoms with Crippen LogP contribution >= 0.6 is 11.6 Å². The number of Topliss-reactive ketones (excluding diaryl/α,β-unsaturated/α-hetero) is 1. The molecular formula is C11H16ClN3O. The molecule has 88 valence electrons. The van der Waals surface area contributed by atoms with Crippen LogP contribution in [-0.2, 0) is 6.54 Å². The van der Waals surface area contributed by atoms with Gasteiger partial charge in [0.15, 0.2) is 5.78 Å². The molecule has 2 rings (SSSR count). The fourth-order valence-corrected chi connectivity index (χ4v) is 2.29. The summed E-state index contributed by atoms with van der Waals surface area (Å²) >= 11 is 6.03. The summed E-state index contributed by atoms with van der Waals surface area (Å²) in [6.07, 6.45) is 3.40. The van der Waals surface area contributed by atoms with Gasteiger partial charge >= 0.3 is 0 Å². The molecule has 0 spiro atoms. The molecule has 4 nitrogen and oxygen atoms in total. The number of carbonyl (C=O) groups excluding carboxylic acids is 1. The van der Waals surface area contributed by atoms with Crippen molar-refractivity contribution in [1.82, 2.24) is 15.1 Å². The topological polar surface area (TPSA) is 46.9 Å². The highest BCUT2D eigenvalue weighted by atomic mass is 35.5. The highest BCUT2D eigenvalue weighted by Crippen LogP contribution is 2.22. The van der Waals surface area contributed by atoms with Crippen molar-refractivity contribution in [2.75, 3.05) is 13.1 Å². The zero-order chi connectivity index (χ0) is 11.5. The van der Waals surface area contributed by atoms with Gasteiger partial charge in [-0.1, -0.05) is 18.5 Å². The largest absolute Gasteiger partial charge is 0.316 e. The van der Waals surface area contributed by atoms with Crippen LogP contribution in [0.4, 0.5) is 0 Å². The van der Waals surface area contributed by atoms with Crippen LogP contribution in [0.5, 0.6) is 0 Å². The van der Waals surface area contributed by atoms with E-state index in [1.165, 1.54) is 0 Å². The van der Waals surface area contributed by atoms with E-state index in [1.54, 1.807) is 10.9 Å². The molecule has 0 aliphatic carbocycles. The lowest BCUT2D eigenvalue weighted by molar-refractivity contribution is 0.0919. The number of halogens is 1. The van der Waals surface area contributed by atoms with Crippen LogP contribution in [0.1, 0.15) is 30.3 Å².